The number of guanidine groups is 1. The first kappa shape index (κ1) is 21.0. The molecule has 136 valence electrons. The van der Waals surface area contributed by atoms with Crippen LogP contribution in [0.5, 0.6) is 0 Å². The number of hydrogen-bond donors (Lipinski definition) is 3. The minimum atomic E-state index is -0.591. The molecular weight excluding hydrogens is 349 g/mol. The van der Waals surface area contributed by atoms with Crippen LogP contribution in [-0.4, -0.2) is 43.5 Å². The highest BCUT2D eigenvalue weighted by atomic mass is 35.5. The lowest BCUT2D eigenvalue weighted by Crippen LogP contribution is -2.42. The Morgan fingerprint density at radius 3 is 2.62 bits per heavy atom. The maximum Gasteiger partial charge on any atom is 0.191 e. The van der Waals surface area contributed by atoms with Gasteiger partial charge in [0.1, 0.15) is 0 Å². The van der Waals surface area contributed by atoms with Gasteiger partial charge in [-0.25, -0.2) is 4.99 Å². The number of aliphatic hydroxyl groups excluding tert-OH is 1. The Morgan fingerprint density at radius 2 is 2.00 bits per heavy atom. The molecule has 0 spiro atoms. The molecule has 1 unspecified atom stereocenters. The Morgan fingerprint density at radius 1 is 1.25 bits per heavy atom. The zero-order valence-corrected chi connectivity index (χ0v) is 16.0. The second-order valence-corrected chi connectivity index (χ2v) is 6.74. The summed E-state index contributed by atoms with van der Waals surface area (Å²) in [7, 11) is 0. The first-order valence-corrected chi connectivity index (χ1v) is 8.89. The van der Waals surface area contributed by atoms with Gasteiger partial charge in [0.15, 0.2) is 5.96 Å². The molecule has 1 aromatic carbocycles. The van der Waals surface area contributed by atoms with E-state index in [1.807, 2.05) is 13.0 Å². The summed E-state index contributed by atoms with van der Waals surface area (Å²) in [4.78, 5) is 4.47. The van der Waals surface area contributed by atoms with Gasteiger partial charge in [-0.3, -0.25) is 0 Å². The van der Waals surface area contributed by atoms with Crippen LogP contribution < -0.4 is 10.6 Å². The van der Waals surface area contributed by atoms with Gasteiger partial charge in [-0.1, -0.05) is 43.1 Å². The van der Waals surface area contributed by atoms with Crippen LogP contribution in [-0.2, 0) is 11.3 Å². The minimum Gasteiger partial charge on any atom is -0.389 e. The van der Waals surface area contributed by atoms with E-state index in [-0.39, 0.29) is 0 Å². The van der Waals surface area contributed by atoms with Gasteiger partial charge in [0.25, 0.3) is 0 Å². The molecule has 0 amide bonds. The van der Waals surface area contributed by atoms with Gasteiger partial charge < -0.3 is 20.5 Å². The van der Waals surface area contributed by atoms with Crippen molar-refractivity contribution in [2.45, 2.75) is 33.4 Å². The van der Waals surface area contributed by atoms with E-state index >= 15 is 0 Å². The Bertz CT molecular complexity index is 525. The molecule has 0 aliphatic carbocycles. The van der Waals surface area contributed by atoms with Crippen molar-refractivity contribution in [3.8, 4) is 0 Å². The van der Waals surface area contributed by atoms with E-state index < -0.39 is 6.10 Å². The van der Waals surface area contributed by atoms with Gasteiger partial charge in [0, 0.05) is 29.7 Å². The zero-order chi connectivity index (χ0) is 17.9. The van der Waals surface area contributed by atoms with Crippen LogP contribution in [0.1, 0.15) is 26.3 Å². The molecular formula is C17H27Cl2N3O2. The molecule has 5 nitrogen and oxygen atoms in total. The summed E-state index contributed by atoms with van der Waals surface area (Å²) in [5.41, 5.74) is 0.888. The maximum absolute atomic E-state index is 9.93. The molecule has 24 heavy (non-hydrogen) atoms. The van der Waals surface area contributed by atoms with Gasteiger partial charge in [-0.05, 0) is 30.5 Å². The Labute approximate surface area is 154 Å². The van der Waals surface area contributed by atoms with Gasteiger partial charge >= 0.3 is 0 Å². The van der Waals surface area contributed by atoms with E-state index in [9.17, 15) is 5.11 Å². The molecule has 7 heteroatoms. The van der Waals surface area contributed by atoms with Crippen LogP contribution in [0, 0.1) is 5.92 Å². The highest BCUT2D eigenvalue weighted by Crippen LogP contribution is 2.21. The second kappa shape index (κ2) is 11.5. The van der Waals surface area contributed by atoms with E-state index in [2.05, 4.69) is 29.5 Å². The normalized spacial score (nSPS) is 13.2. The number of halogens is 2. The lowest BCUT2D eigenvalue weighted by Gasteiger charge is -2.16. The highest BCUT2D eigenvalue weighted by molar-refractivity contribution is 6.35. The molecule has 1 atom stereocenters. The lowest BCUT2D eigenvalue weighted by atomic mass is 10.2. The number of benzene rings is 1. The first-order chi connectivity index (χ1) is 11.4. The number of nitrogens with zero attached hydrogens (tertiary/aromatic N) is 1. The maximum atomic E-state index is 9.93. The van der Waals surface area contributed by atoms with E-state index in [1.54, 1.807) is 12.1 Å². The first-order valence-electron chi connectivity index (χ1n) is 8.14. The number of hydrogen-bond acceptors (Lipinski definition) is 3. The monoisotopic (exact) mass is 375 g/mol. The molecule has 0 aromatic heterocycles. The molecule has 0 radical (unpaired) electrons. The molecule has 0 aliphatic rings. The summed E-state index contributed by atoms with van der Waals surface area (Å²) >= 11 is 12.0. The van der Waals surface area contributed by atoms with E-state index in [0.717, 1.165) is 12.1 Å². The van der Waals surface area contributed by atoms with Crippen LogP contribution in [0.3, 0.4) is 0 Å². The molecule has 1 aromatic rings. The fraction of sp³-hybridized carbons (Fsp3) is 0.588. The predicted molar refractivity (Wildman–Crippen MR) is 101 cm³/mol. The molecule has 0 heterocycles. The SMILES string of the molecule is CCNC(=NCc1ccc(Cl)cc1Cl)NCC(O)COCC(C)C. The van der Waals surface area contributed by atoms with Crippen molar-refractivity contribution in [1.29, 1.82) is 0 Å². The smallest absolute Gasteiger partial charge is 0.191 e. The number of rotatable bonds is 9. The van der Waals surface area contributed by atoms with Gasteiger partial charge in [-0.2, -0.15) is 0 Å². The van der Waals surface area contributed by atoms with Gasteiger partial charge in [0.2, 0.25) is 0 Å². The summed E-state index contributed by atoms with van der Waals surface area (Å²) < 4.78 is 5.43. The average molecular weight is 376 g/mol. The summed E-state index contributed by atoms with van der Waals surface area (Å²) in [6.07, 6.45) is -0.591. The standard InChI is InChI=1S/C17H27Cl2N3O2/c1-4-20-17(22-9-15(23)11-24-10-12(2)3)21-8-13-5-6-14(18)7-16(13)19/h5-7,12,15,23H,4,8-11H2,1-3H3,(H2,20,21,22). The van der Waals surface area contributed by atoms with Crippen LogP contribution >= 0.6 is 23.2 Å². The fourth-order valence-corrected chi connectivity index (χ4v) is 2.34. The van der Waals surface area contributed by atoms with Crippen molar-refractivity contribution in [1.82, 2.24) is 10.6 Å². The van der Waals surface area contributed by atoms with Crippen molar-refractivity contribution in [2.75, 3.05) is 26.3 Å². The van der Waals surface area contributed by atoms with Crippen molar-refractivity contribution in [2.24, 2.45) is 10.9 Å². The summed E-state index contributed by atoms with van der Waals surface area (Å²) in [5, 5.41) is 17.4. The topological polar surface area (TPSA) is 65.9 Å². The molecule has 0 aliphatic heterocycles. The molecule has 0 fully saturated rings. The molecule has 0 saturated carbocycles. The van der Waals surface area contributed by atoms with Crippen LogP contribution in [0.25, 0.3) is 0 Å². The van der Waals surface area contributed by atoms with Crippen LogP contribution in [0.2, 0.25) is 10.0 Å². The third-order valence-corrected chi connectivity index (χ3v) is 3.62. The van der Waals surface area contributed by atoms with Gasteiger partial charge in [0.05, 0.1) is 19.3 Å². The second-order valence-electron chi connectivity index (χ2n) is 5.90. The number of nitrogens with one attached hydrogen (secondary N) is 2. The Kier molecular flexibility index (Phi) is 10.1. The Balaban J connectivity index is 2.50. The van der Waals surface area contributed by atoms with Crippen LogP contribution in [0.15, 0.2) is 23.2 Å². The fourth-order valence-electron chi connectivity index (χ4n) is 1.87. The number of aliphatic hydroxyl groups is 1. The van der Waals surface area contributed by atoms with Crippen molar-refractivity contribution < 1.29 is 9.84 Å². The summed E-state index contributed by atoms with van der Waals surface area (Å²) in [5.74, 6) is 1.07. The number of aliphatic imine (C=N–C) groups is 1. The van der Waals surface area contributed by atoms with Crippen molar-refractivity contribution in [3.05, 3.63) is 33.8 Å². The van der Waals surface area contributed by atoms with Crippen molar-refractivity contribution in [3.63, 3.8) is 0 Å². The van der Waals surface area contributed by atoms with Gasteiger partial charge in [-0.15, -0.1) is 0 Å². The average Bonchev–Trinajstić information content (AvgIpc) is 2.51. The Hall–Kier alpha value is -1.01. The summed E-state index contributed by atoms with van der Waals surface area (Å²) in [6, 6.07) is 5.34. The third kappa shape index (κ3) is 8.73. The molecule has 1 rings (SSSR count). The van der Waals surface area contributed by atoms with Crippen LogP contribution in [0.4, 0.5) is 0 Å². The van der Waals surface area contributed by atoms with Crippen molar-refractivity contribution >= 4 is 29.2 Å². The quantitative estimate of drug-likeness (QED) is 0.458. The predicted octanol–water partition coefficient (Wildman–Crippen LogP) is 3.08. The molecule has 0 saturated heterocycles. The zero-order valence-electron chi connectivity index (χ0n) is 14.5. The minimum absolute atomic E-state index is 0.299. The lowest BCUT2D eigenvalue weighted by molar-refractivity contribution is 0.0280. The molecule has 3 N–H and O–H groups in total. The summed E-state index contributed by atoms with van der Waals surface area (Å²) in [6.45, 7) is 8.57. The largest absolute Gasteiger partial charge is 0.389 e. The van der Waals surface area contributed by atoms with E-state index in [1.165, 1.54) is 0 Å². The highest BCUT2D eigenvalue weighted by Gasteiger charge is 2.07. The van der Waals surface area contributed by atoms with E-state index in [0.29, 0.717) is 48.2 Å². The van der Waals surface area contributed by atoms with E-state index in [4.69, 9.17) is 27.9 Å². The molecule has 0 bridgehead atoms. The number of ether oxygens (including phenoxy) is 1. The third-order valence-electron chi connectivity index (χ3n) is 3.03.